The quantitative estimate of drug-likeness (QED) is 0.558. The Morgan fingerprint density at radius 3 is 2.55 bits per heavy atom. The zero-order chi connectivity index (χ0) is 7.90. The van der Waals surface area contributed by atoms with Gasteiger partial charge in [-0.15, -0.1) is 0 Å². The number of rotatable bonds is 1. The number of amides is 1. The van der Waals surface area contributed by atoms with E-state index in [9.17, 15) is 4.79 Å². The monoisotopic (exact) mass is 154 g/mol. The van der Waals surface area contributed by atoms with Crippen LogP contribution >= 0.6 is 0 Å². The largest absolute Gasteiger partial charge is 0.369 e. The first-order valence-corrected chi connectivity index (χ1v) is 4.26. The van der Waals surface area contributed by atoms with E-state index in [0.717, 1.165) is 13.0 Å². The molecule has 62 valence electrons. The molecule has 1 saturated carbocycles. The zero-order valence-electron chi connectivity index (χ0n) is 6.60. The second-order valence-corrected chi connectivity index (χ2v) is 3.82. The minimum atomic E-state index is -0.138. The molecule has 1 aliphatic carbocycles. The van der Waals surface area contributed by atoms with Crippen LogP contribution in [0.1, 0.15) is 25.7 Å². The van der Waals surface area contributed by atoms with Crippen molar-refractivity contribution in [3.8, 4) is 0 Å². The first-order valence-electron chi connectivity index (χ1n) is 4.26. The van der Waals surface area contributed by atoms with Gasteiger partial charge >= 0.3 is 0 Å². The summed E-state index contributed by atoms with van der Waals surface area (Å²) in [6, 6.07) is 0. The highest BCUT2D eigenvalue weighted by Gasteiger charge is 2.44. The maximum Gasteiger partial charge on any atom is 0.221 e. The number of hydrogen-bond acceptors (Lipinski definition) is 2. The topological polar surface area (TPSA) is 55.1 Å². The molecule has 3 heteroatoms. The zero-order valence-corrected chi connectivity index (χ0v) is 6.60. The van der Waals surface area contributed by atoms with Crippen LogP contribution < -0.4 is 11.1 Å². The van der Waals surface area contributed by atoms with Crippen LogP contribution in [0.15, 0.2) is 0 Å². The Kier molecular flexibility index (Phi) is 1.42. The SMILES string of the molecule is NC(=O)C1CNC2(CCC2)C1. The molecule has 2 aliphatic rings. The van der Waals surface area contributed by atoms with Crippen LogP contribution in [0.2, 0.25) is 0 Å². The van der Waals surface area contributed by atoms with Crippen LogP contribution in [0.25, 0.3) is 0 Å². The van der Waals surface area contributed by atoms with Crippen LogP contribution in [-0.2, 0) is 4.79 Å². The molecule has 1 atom stereocenters. The van der Waals surface area contributed by atoms with E-state index in [4.69, 9.17) is 5.73 Å². The molecule has 0 bridgehead atoms. The molecule has 1 amide bonds. The van der Waals surface area contributed by atoms with Crippen molar-refractivity contribution in [1.82, 2.24) is 5.32 Å². The Bertz CT molecular complexity index is 187. The van der Waals surface area contributed by atoms with Crippen molar-refractivity contribution < 1.29 is 4.79 Å². The number of primary amides is 1. The highest BCUT2D eigenvalue weighted by molar-refractivity contribution is 5.77. The van der Waals surface area contributed by atoms with Crippen molar-refractivity contribution >= 4 is 5.91 Å². The summed E-state index contributed by atoms with van der Waals surface area (Å²) in [5.41, 5.74) is 5.54. The summed E-state index contributed by atoms with van der Waals surface area (Å²) in [4.78, 5) is 10.8. The van der Waals surface area contributed by atoms with E-state index < -0.39 is 0 Å². The molecule has 0 aromatic carbocycles. The lowest BCUT2D eigenvalue weighted by atomic mass is 9.74. The molecule has 0 aromatic heterocycles. The standard InChI is InChI=1S/C8H14N2O/c9-7(11)6-4-8(10-5-6)2-1-3-8/h6,10H,1-5H2,(H2,9,11). The molecular weight excluding hydrogens is 140 g/mol. The van der Waals surface area contributed by atoms with Crippen LogP contribution in [0.3, 0.4) is 0 Å². The van der Waals surface area contributed by atoms with Crippen molar-refractivity contribution in [2.45, 2.75) is 31.2 Å². The molecule has 3 nitrogen and oxygen atoms in total. The fourth-order valence-electron chi connectivity index (χ4n) is 2.14. The van der Waals surface area contributed by atoms with E-state index in [1.807, 2.05) is 0 Å². The Balaban J connectivity index is 1.98. The summed E-state index contributed by atoms with van der Waals surface area (Å²) in [7, 11) is 0. The molecular formula is C8H14N2O. The number of carbonyl (C=O) groups excluding carboxylic acids is 1. The molecule has 3 N–H and O–H groups in total. The van der Waals surface area contributed by atoms with Crippen molar-refractivity contribution in [2.75, 3.05) is 6.54 Å². The van der Waals surface area contributed by atoms with Gasteiger partial charge in [-0.1, -0.05) is 0 Å². The number of nitrogens with one attached hydrogen (secondary N) is 1. The maximum absolute atomic E-state index is 10.8. The van der Waals surface area contributed by atoms with E-state index in [1.165, 1.54) is 19.3 Å². The van der Waals surface area contributed by atoms with E-state index in [1.54, 1.807) is 0 Å². The summed E-state index contributed by atoms with van der Waals surface area (Å²) < 4.78 is 0. The lowest BCUT2D eigenvalue weighted by Crippen LogP contribution is -2.45. The van der Waals surface area contributed by atoms with Gasteiger partial charge in [-0.3, -0.25) is 4.79 Å². The van der Waals surface area contributed by atoms with Gasteiger partial charge in [0.2, 0.25) is 5.91 Å². The Morgan fingerprint density at radius 1 is 1.55 bits per heavy atom. The van der Waals surface area contributed by atoms with Gasteiger partial charge in [-0.2, -0.15) is 0 Å². The lowest BCUT2D eigenvalue weighted by molar-refractivity contribution is -0.121. The van der Waals surface area contributed by atoms with E-state index in [2.05, 4.69) is 5.32 Å². The third-order valence-corrected chi connectivity index (χ3v) is 3.07. The molecule has 2 fully saturated rings. The number of nitrogens with two attached hydrogens (primary N) is 1. The van der Waals surface area contributed by atoms with Gasteiger partial charge in [-0.25, -0.2) is 0 Å². The predicted octanol–water partition coefficient (Wildman–Crippen LogP) is 0.00390. The first-order chi connectivity index (χ1) is 5.22. The van der Waals surface area contributed by atoms with Gasteiger partial charge < -0.3 is 11.1 Å². The van der Waals surface area contributed by atoms with Crippen LogP contribution in [0, 0.1) is 5.92 Å². The highest BCUT2D eigenvalue weighted by Crippen LogP contribution is 2.40. The summed E-state index contributed by atoms with van der Waals surface area (Å²) in [6.45, 7) is 0.801. The molecule has 0 aromatic rings. The Morgan fingerprint density at radius 2 is 2.27 bits per heavy atom. The van der Waals surface area contributed by atoms with Gasteiger partial charge in [0.25, 0.3) is 0 Å². The van der Waals surface area contributed by atoms with Crippen LogP contribution in [0.4, 0.5) is 0 Å². The summed E-state index contributed by atoms with van der Waals surface area (Å²) >= 11 is 0. The first kappa shape index (κ1) is 7.10. The molecule has 1 heterocycles. The average molecular weight is 154 g/mol. The van der Waals surface area contributed by atoms with Crippen LogP contribution in [0.5, 0.6) is 0 Å². The van der Waals surface area contributed by atoms with Crippen molar-refractivity contribution in [2.24, 2.45) is 11.7 Å². The molecule has 1 aliphatic heterocycles. The summed E-state index contributed by atoms with van der Waals surface area (Å²) in [5, 5.41) is 3.40. The smallest absolute Gasteiger partial charge is 0.221 e. The van der Waals surface area contributed by atoms with E-state index in [0.29, 0.717) is 5.54 Å². The minimum absolute atomic E-state index is 0.0929. The summed E-state index contributed by atoms with van der Waals surface area (Å²) in [5.74, 6) is -0.0448. The number of carbonyl (C=O) groups is 1. The van der Waals surface area contributed by atoms with E-state index in [-0.39, 0.29) is 11.8 Å². The Hall–Kier alpha value is -0.570. The van der Waals surface area contributed by atoms with Gasteiger partial charge in [0, 0.05) is 12.1 Å². The normalized spacial score (nSPS) is 33.6. The Labute approximate surface area is 66.3 Å². The third kappa shape index (κ3) is 1.03. The fraction of sp³-hybridized carbons (Fsp3) is 0.875. The fourth-order valence-corrected chi connectivity index (χ4v) is 2.14. The van der Waals surface area contributed by atoms with Crippen molar-refractivity contribution in [3.63, 3.8) is 0 Å². The predicted molar refractivity (Wildman–Crippen MR) is 41.9 cm³/mol. The van der Waals surface area contributed by atoms with Crippen molar-refractivity contribution in [3.05, 3.63) is 0 Å². The highest BCUT2D eigenvalue weighted by atomic mass is 16.1. The van der Waals surface area contributed by atoms with Gasteiger partial charge in [0.05, 0.1) is 5.92 Å². The third-order valence-electron chi connectivity index (χ3n) is 3.07. The second-order valence-electron chi connectivity index (χ2n) is 3.82. The summed E-state index contributed by atoms with van der Waals surface area (Å²) in [6.07, 6.45) is 4.74. The molecule has 1 spiro atoms. The van der Waals surface area contributed by atoms with Gasteiger partial charge in [-0.05, 0) is 25.7 Å². The molecule has 0 radical (unpaired) electrons. The second kappa shape index (κ2) is 2.21. The van der Waals surface area contributed by atoms with Crippen molar-refractivity contribution in [1.29, 1.82) is 0 Å². The van der Waals surface area contributed by atoms with E-state index >= 15 is 0 Å². The molecule has 1 unspecified atom stereocenters. The lowest BCUT2D eigenvalue weighted by Gasteiger charge is -2.38. The van der Waals surface area contributed by atoms with Gasteiger partial charge in [0.15, 0.2) is 0 Å². The molecule has 1 saturated heterocycles. The maximum atomic E-state index is 10.8. The molecule has 2 rings (SSSR count). The molecule has 11 heavy (non-hydrogen) atoms. The minimum Gasteiger partial charge on any atom is -0.369 e. The average Bonchev–Trinajstić information content (AvgIpc) is 2.28. The van der Waals surface area contributed by atoms with Gasteiger partial charge in [0.1, 0.15) is 0 Å². The number of hydrogen-bond donors (Lipinski definition) is 2. The van der Waals surface area contributed by atoms with Crippen LogP contribution in [-0.4, -0.2) is 18.0 Å².